The molecule has 0 aliphatic heterocycles. The highest BCUT2D eigenvalue weighted by Crippen LogP contribution is 2.46. The molecule has 3 N–H and O–H groups in total. The molecule has 0 spiro atoms. The molecule has 20 heavy (non-hydrogen) atoms. The summed E-state index contributed by atoms with van der Waals surface area (Å²) < 4.78 is 0. The number of nitrogens with one attached hydrogen (secondary N) is 1. The number of hydrogen-bond donors (Lipinski definition) is 2. The third-order valence-corrected chi connectivity index (χ3v) is 4.50. The third-order valence-electron chi connectivity index (χ3n) is 4.26. The lowest BCUT2D eigenvalue weighted by Crippen LogP contribution is -2.43. The predicted molar refractivity (Wildman–Crippen MR) is 82.7 cm³/mol. The summed E-state index contributed by atoms with van der Waals surface area (Å²) in [6.45, 7) is 8.75. The van der Waals surface area contributed by atoms with E-state index in [1.165, 1.54) is 11.1 Å². The maximum absolute atomic E-state index is 11.4. The van der Waals surface area contributed by atoms with E-state index in [0.717, 1.165) is 11.4 Å². The number of amides is 1. The van der Waals surface area contributed by atoms with Gasteiger partial charge in [0.05, 0.1) is 5.41 Å². The minimum atomic E-state index is -0.558. The quantitative estimate of drug-likeness (QED) is 0.897. The molecule has 0 saturated carbocycles. The Morgan fingerprint density at radius 2 is 2.15 bits per heavy atom. The number of primary amides is 1. The lowest BCUT2D eigenvalue weighted by atomic mass is 9.84. The van der Waals surface area contributed by atoms with Gasteiger partial charge in [-0.3, -0.25) is 4.79 Å². The summed E-state index contributed by atoms with van der Waals surface area (Å²) in [7, 11) is 0. The molecule has 0 fully saturated rings. The molecule has 1 aliphatic carbocycles. The fourth-order valence-electron chi connectivity index (χ4n) is 2.84. The average Bonchev–Trinajstić information content (AvgIpc) is 2.56. The molecule has 4 heteroatoms. The molecule has 0 heterocycles. The van der Waals surface area contributed by atoms with Crippen molar-refractivity contribution in [3.8, 4) is 0 Å². The number of fused-ring (bicyclic) bond motifs is 1. The van der Waals surface area contributed by atoms with E-state index in [0.29, 0.717) is 6.54 Å². The number of rotatable bonds is 4. The summed E-state index contributed by atoms with van der Waals surface area (Å²) in [6.07, 6.45) is 1.01. The SMILES string of the molecule is CC(C)(CNC1c2cc(Cl)ccc2CC1(C)C)C(N)=O. The fraction of sp³-hybridized carbons (Fsp3) is 0.562. The van der Waals surface area contributed by atoms with Gasteiger partial charge in [0.15, 0.2) is 0 Å². The Bertz CT molecular complexity index is 537. The molecular formula is C16H23ClN2O. The van der Waals surface area contributed by atoms with Gasteiger partial charge >= 0.3 is 0 Å². The van der Waals surface area contributed by atoms with E-state index in [-0.39, 0.29) is 17.4 Å². The number of carbonyl (C=O) groups excluding carboxylic acids is 1. The zero-order valence-electron chi connectivity index (χ0n) is 12.6. The van der Waals surface area contributed by atoms with Crippen LogP contribution in [-0.4, -0.2) is 12.5 Å². The molecule has 1 atom stereocenters. The second-order valence-electron chi connectivity index (χ2n) is 7.07. The van der Waals surface area contributed by atoms with Crippen molar-refractivity contribution in [1.82, 2.24) is 5.32 Å². The van der Waals surface area contributed by atoms with Crippen molar-refractivity contribution >= 4 is 17.5 Å². The molecule has 1 amide bonds. The molecule has 1 unspecified atom stereocenters. The minimum Gasteiger partial charge on any atom is -0.369 e. The summed E-state index contributed by atoms with van der Waals surface area (Å²) in [6, 6.07) is 6.25. The number of hydrogen-bond acceptors (Lipinski definition) is 2. The van der Waals surface area contributed by atoms with E-state index in [1.807, 2.05) is 26.0 Å². The normalized spacial score (nSPS) is 20.8. The van der Waals surface area contributed by atoms with Crippen LogP contribution >= 0.6 is 11.6 Å². The van der Waals surface area contributed by atoms with Crippen molar-refractivity contribution in [2.45, 2.75) is 40.2 Å². The van der Waals surface area contributed by atoms with Gasteiger partial charge in [0, 0.05) is 17.6 Å². The van der Waals surface area contributed by atoms with Crippen LogP contribution in [0.15, 0.2) is 18.2 Å². The zero-order valence-corrected chi connectivity index (χ0v) is 13.3. The third kappa shape index (κ3) is 2.84. The van der Waals surface area contributed by atoms with E-state index in [1.54, 1.807) is 0 Å². The van der Waals surface area contributed by atoms with Crippen LogP contribution in [0.2, 0.25) is 5.02 Å². The van der Waals surface area contributed by atoms with E-state index < -0.39 is 5.41 Å². The van der Waals surface area contributed by atoms with E-state index >= 15 is 0 Å². The van der Waals surface area contributed by atoms with Crippen LogP contribution in [0.1, 0.15) is 44.9 Å². The van der Waals surface area contributed by atoms with Crippen LogP contribution in [0.3, 0.4) is 0 Å². The second kappa shape index (κ2) is 5.05. The summed E-state index contributed by atoms with van der Waals surface area (Å²) >= 11 is 6.12. The Kier molecular flexibility index (Phi) is 3.87. The van der Waals surface area contributed by atoms with Crippen LogP contribution in [0.4, 0.5) is 0 Å². The first-order valence-electron chi connectivity index (χ1n) is 6.95. The minimum absolute atomic E-state index is 0.0980. The first kappa shape index (κ1) is 15.3. The van der Waals surface area contributed by atoms with Crippen LogP contribution in [-0.2, 0) is 11.2 Å². The van der Waals surface area contributed by atoms with E-state index in [9.17, 15) is 4.79 Å². The summed E-state index contributed by atoms with van der Waals surface area (Å²) in [5.74, 6) is -0.285. The Labute approximate surface area is 125 Å². The van der Waals surface area contributed by atoms with Crippen molar-refractivity contribution < 1.29 is 4.79 Å². The van der Waals surface area contributed by atoms with Crippen molar-refractivity contribution in [1.29, 1.82) is 0 Å². The first-order chi connectivity index (χ1) is 9.13. The van der Waals surface area contributed by atoms with Gasteiger partial charge in [-0.25, -0.2) is 0 Å². The molecule has 0 aromatic heterocycles. The van der Waals surface area contributed by atoms with Crippen LogP contribution < -0.4 is 11.1 Å². The van der Waals surface area contributed by atoms with Gasteiger partial charge in [-0.1, -0.05) is 31.5 Å². The van der Waals surface area contributed by atoms with Gasteiger partial charge in [-0.2, -0.15) is 0 Å². The van der Waals surface area contributed by atoms with E-state index in [2.05, 4.69) is 25.2 Å². The van der Waals surface area contributed by atoms with Gasteiger partial charge in [-0.15, -0.1) is 0 Å². The molecule has 1 aromatic carbocycles. The molecule has 1 aliphatic rings. The number of benzene rings is 1. The van der Waals surface area contributed by atoms with Gasteiger partial charge in [0.1, 0.15) is 0 Å². The molecule has 110 valence electrons. The molecule has 0 bridgehead atoms. The van der Waals surface area contributed by atoms with Crippen molar-refractivity contribution in [3.05, 3.63) is 34.3 Å². The van der Waals surface area contributed by atoms with Crippen molar-refractivity contribution in [2.24, 2.45) is 16.6 Å². The molecule has 0 saturated heterocycles. The van der Waals surface area contributed by atoms with Gasteiger partial charge < -0.3 is 11.1 Å². The van der Waals surface area contributed by atoms with Crippen molar-refractivity contribution in [3.63, 3.8) is 0 Å². The molecule has 2 rings (SSSR count). The monoisotopic (exact) mass is 294 g/mol. The first-order valence-corrected chi connectivity index (χ1v) is 7.33. The lowest BCUT2D eigenvalue weighted by molar-refractivity contribution is -0.125. The van der Waals surface area contributed by atoms with Crippen LogP contribution in [0, 0.1) is 10.8 Å². The smallest absolute Gasteiger partial charge is 0.224 e. The van der Waals surface area contributed by atoms with Gasteiger partial charge in [0.25, 0.3) is 0 Å². The highest BCUT2D eigenvalue weighted by molar-refractivity contribution is 6.30. The highest BCUT2D eigenvalue weighted by atomic mass is 35.5. The maximum Gasteiger partial charge on any atom is 0.224 e. The molecule has 3 nitrogen and oxygen atoms in total. The Morgan fingerprint density at radius 1 is 1.50 bits per heavy atom. The summed E-state index contributed by atoms with van der Waals surface area (Å²) in [5.41, 5.74) is 7.55. The standard InChI is InChI=1S/C16H23ClN2O/c1-15(2)8-10-5-6-11(17)7-12(10)13(15)19-9-16(3,4)14(18)20/h5-7,13,19H,8-9H2,1-4H3,(H2,18,20). The zero-order chi connectivity index (χ0) is 15.1. The fourth-order valence-corrected chi connectivity index (χ4v) is 3.02. The molecule has 1 aromatic rings. The van der Waals surface area contributed by atoms with Crippen LogP contribution in [0.5, 0.6) is 0 Å². The highest BCUT2D eigenvalue weighted by Gasteiger charge is 2.40. The van der Waals surface area contributed by atoms with Crippen LogP contribution in [0.25, 0.3) is 0 Å². The number of carbonyl (C=O) groups is 1. The number of nitrogens with two attached hydrogens (primary N) is 1. The van der Waals surface area contributed by atoms with Crippen molar-refractivity contribution in [2.75, 3.05) is 6.54 Å². The Hall–Kier alpha value is -1.06. The van der Waals surface area contributed by atoms with Gasteiger partial charge in [-0.05, 0) is 48.9 Å². The summed E-state index contributed by atoms with van der Waals surface area (Å²) in [4.78, 5) is 11.4. The molecule has 0 radical (unpaired) electrons. The summed E-state index contributed by atoms with van der Waals surface area (Å²) in [5, 5.41) is 4.27. The lowest BCUT2D eigenvalue weighted by Gasteiger charge is -2.32. The maximum atomic E-state index is 11.4. The predicted octanol–water partition coefficient (Wildman–Crippen LogP) is 3.06. The topological polar surface area (TPSA) is 55.1 Å². The Balaban J connectivity index is 2.23. The largest absolute Gasteiger partial charge is 0.369 e. The second-order valence-corrected chi connectivity index (χ2v) is 7.51. The number of halogens is 1. The van der Waals surface area contributed by atoms with E-state index in [4.69, 9.17) is 17.3 Å². The Morgan fingerprint density at radius 3 is 2.75 bits per heavy atom. The average molecular weight is 295 g/mol. The molecular weight excluding hydrogens is 272 g/mol. The van der Waals surface area contributed by atoms with Gasteiger partial charge in [0.2, 0.25) is 5.91 Å².